The lowest BCUT2D eigenvalue weighted by molar-refractivity contribution is -0.120. The zero-order valence-corrected chi connectivity index (χ0v) is 15.4. The van der Waals surface area contributed by atoms with Crippen LogP contribution in [0.1, 0.15) is 12.5 Å². The normalized spacial score (nSPS) is 11.5. The van der Waals surface area contributed by atoms with Crippen molar-refractivity contribution in [3.63, 3.8) is 0 Å². The topological polar surface area (TPSA) is 67.4 Å². The smallest absolute Gasteiger partial charge is 0.234 e. The molecule has 2 aromatic carbocycles. The fraction of sp³-hybridized carbons (Fsp3) is 0.263. The summed E-state index contributed by atoms with van der Waals surface area (Å²) in [5, 5.41) is 5.13. The minimum Gasteiger partial charge on any atom is -0.497 e. The van der Waals surface area contributed by atoms with Gasteiger partial charge in [0, 0.05) is 12.2 Å². The summed E-state index contributed by atoms with van der Waals surface area (Å²) < 4.78 is 18.0. The molecule has 0 aromatic heterocycles. The lowest BCUT2D eigenvalue weighted by Gasteiger charge is -2.12. The van der Waals surface area contributed by atoms with Gasteiger partial charge in [-0.15, -0.1) is 11.8 Å². The first-order valence-corrected chi connectivity index (χ1v) is 9.10. The molecule has 0 aliphatic heterocycles. The van der Waals surface area contributed by atoms with Crippen molar-refractivity contribution in [2.24, 2.45) is 0 Å². The highest BCUT2D eigenvalue weighted by atomic mass is 32.2. The molecule has 0 saturated carbocycles. The molecule has 2 aromatic rings. The van der Waals surface area contributed by atoms with Crippen molar-refractivity contribution < 1.29 is 18.7 Å². The number of halogens is 1. The number of benzene rings is 2. The van der Waals surface area contributed by atoms with Crippen LogP contribution in [-0.4, -0.2) is 29.9 Å². The molecule has 2 N–H and O–H groups in total. The van der Waals surface area contributed by atoms with Gasteiger partial charge >= 0.3 is 0 Å². The Labute approximate surface area is 156 Å². The van der Waals surface area contributed by atoms with Crippen LogP contribution in [0.5, 0.6) is 5.75 Å². The van der Waals surface area contributed by atoms with Crippen molar-refractivity contribution in [1.82, 2.24) is 5.32 Å². The Kier molecular flexibility index (Phi) is 7.47. The average molecular weight is 376 g/mol. The van der Waals surface area contributed by atoms with Gasteiger partial charge < -0.3 is 15.4 Å². The number of anilines is 1. The number of nitrogens with one attached hydrogen (secondary N) is 2. The second-order valence-electron chi connectivity index (χ2n) is 5.58. The van der Waals surface area contributed by atoms with Crippen LogP contribution in [0, 0.1) is 5.82 Å². The van der Waals surface area contributed by atoms with Gasteiger partial charge in [0.2, 0.25) is 11.8 Å². The van der Waals surface area contributed by atoms with E-state index >= 15 is 0 Å². The fourth-order valence-electron chi connectivity index (χ4n) is 2.12. The molecule has 26 heavy (non-hydrogen) atoms. The van der Waals surface area contributed by atoms with Crippen LogP contribution in [0.15, 0.2) is 48.5 Å². The molecule has 0 radical (unpaired) electrons. The number of hydrogen-bond acceptors (Lipinski definition) is 4. The third-order valence-electron chi connectivity index (χ3n) is 3.56. The van der Waals surface area contributed by atoms with E-state index in [4.69, 9.17) is 4.74 Å². The Balaban J connectivity index is 1.74. The van der Waals surface area contributed by atoms with Crippen LogP contribution in [-0.2, 0) is 16.1 Å². The van der Waals surface area contributed by atoms with Crippen molar-refractivity contribution in [2.45, 2.75) is 18.7 Å². The summed E-state index contributed by atoms with van der Waals surface area (Å²) in [5.74, 6) is 0.113. The fourth-order valence-corrected chi connectivity index (χ4v) is 2.83. The molecule has 2 rings (SSSR count). The molecule has 0 heterocycles. The molecular weight excluding hydrogens is 355 g/mol. The monoisotopic (exact) mass is 376 g/mol. The van der Waals surface area contributed by atoms with E-state index in [2.05, 4.69) is 10.6 Å². The molecule has 1 atom stereocenters. The Morgan fingerprint density at radius 1 is 1.19 bits per heavy atom. The van der Waals surface area contributed by atoms with Gasteiger partial charge in [0.1, 0.15) is 11.6 Å². The Morgan fingerprint density at radius 3 is 2.62 bits per heavy atom. The Morgan fingerprint density at radius 2 is 1.92 bits per heavy atom. The lowest BCUT2D eigenvalue weighted by atomic mass is 10.2. The van der Waals surface area contributed by atoms with E-state index in [1.165, 1.54) is 36.0 Å². The van der Waals surface area contributed by atoms with Gasteiger partial charge in [0.15, 0.2) is 0 Å². The summed E-state index contributed by atoms with van der Waals surface area (Å²) in [5.41, 5.74) is 1.45. The molecule has 0 fully saturated rings. The number of ether oxygens (including phenoxy) is 1. The van der Waals surface area contributed by atoms with Crippen molar-refractivity contribution >= 4 is 29.3 Å². The quantitative estimate of drug-likeness (QED) is 0.742. The van der Waals surface area contributed by atoms with Gasteiger partial charge in [0.05, 0.1) is 18.1 Å². The van der Waals surface area contributed by atoms with E-state index in [1.54, 1.807) is 14.0 Å². The first-order valence-electron chi connectivity index (χ1n) is 8.05. The maximum atomic E-state index is 12.8. The molecule has 0 aliphatic carbocycles. The average Bonchev–Trinajstić information content (AvgIpc) is 2.66. The maximum Gasteiger partial charge on any atom is 0.234 e. The van der Waals surface area contributed by atoms with E-state index < -0.39 is 0 Å². The third kappa shape index (κ3) is 6.40. The number of thioether (sulfide) groups is 1. The SMILES string of the molecule is COc1cccc(CNC(=O)C(C)SCC(=O)Nc2ccc(F)cc2)c1. The molecule has 0 spiro atoms. The number of hydrogen-bond donors (Lipinski definition) is 2. The minimum atomic E-state index is -0.375. The van der Waals surface area contributed by atoms with Crippen molar-refractivity contribution in [1.29, 1.82) is 0 Å². The van der Waals surface area contributed by atoms with Crippen LogP contribution >= 0.6 is 11.8 Å². The number of rotatable bonds is 8. The zero-order chi connectivity index (χ0) is 18.9. The van der Waals surface area contributed by atoms with Gasteiger partial charge in [-0.2, -0.15) is 0 Å². The van der Waals surface area contributed by atoms with E-state index in [0.717, 1.165) is 11.3 Å². The molecule has 0 bridgehead atoms. The molecular formula is C19H21FN2O3S. The first-order chi connectivity index (χ1) is 12.5. The van der Waals surface area contributed by atoms with Crippen LogP contribution in [0.25, 0.3) is 0 Å². The van der Waals surface area contributed by atoms with E-state index in [9.17, 15) is 14.0 Å². The molecule has 2 amide bonds. The van der Waals surface area contributed by atoms with E-state index in [1.807, 2.05) is 24.3 Å². The van der Waals surface area contributed by atoms with Crippen LogP contribution in [0.2, 0.25) is 0 Å². The second kappa shape index (κ2) is 9.82. The molecule has 5 nitrogen and oxygen atoms in total. The molecule has 0 aliphatic rings. The highest BCUT2D eigenvalue weighted by Gasteiger charge is 2.15. The third-order valence-corrected chi connectivity index (χ3v) is 4.71. The summed E-state index contributed by atoms with van der Waals surface area (Å²) in [6.07, 6.45) is 0. The van der Waals surface area contributed by atoms with Crippen molar-refractivity contribution in [2.75, 3.05) is 18.2 Å². The predicted octanol–water partition coefficient (Wildman–Crippen LogP) is 3.21. The summed E-state index contributed by atoms with van der Waals surface area (Å²) in [6, 6.07) is 13.0. The van der Waals surface area contributed by atoms with Crippen LogP contribution in [0.3, 0.4) is 0 Å². The Hall–Kier alpha value is -2.54. The van der Waals surface area contributed by atoms with Crippen molar-refractivity contribution in [3.05, 3.63) is 59.9 Å². The zero-order valence-electron chi connectivity index (χ0n) is 14.6. The summed E-state index contributed by atoms with van der Waals surface area (Å²) in [6.45, 7) is 2.14. The summed E-state index contributed by atoms with van der Waals surface area (Å²) in [4.78, 5) is 24.0. The summed E-state index contributed by atoms with van der Waals surface area (Å²) >= 11 is 1.23. The van der Waals surface area contributed by atoms with Gasteiger partial charge in [-0.05, 0) is 48.9 Å². The maximum absolute atomic E-state index is 12.8. The Bertz CT molecular complexity index is 753. The highest BCUT2D eigenvalue weighted by Crippen LogP contribution is 2.15. The lowest BCUT2D eigenvalue weighted by Crippen LogP contribution is -2.31. The van der Waals surface area contributed by atoms with Gasteiger partial charge in [-0.3, -0.25) is 9.59 Å². The first kappa shape index (κ1) is 19.8. The highest BCUT2D eigenvalue weighted by molar-refractivity contribution is 8.01. The number of methoxy groups -OCH3 is 1. The van der Waals surface area contributed by atoms with E-state index in [0.29, 0.717) is 12.2 Å². The predicted molar refractivity (Wildman–Crippen MR) is 102 cm³/mol. The van der Waals surface area contributed by atoms with Crippen LogP contribution in [0.4, 0.5) is 10.1 Å². The van der Waals surface area contributed by atoms with Crippen molar-refractivity contribution in [3.8, 4) is 5.75 Å². The number of amides is 2. The van der Waals surface area contributed by atoms with Gasteiger partial charge in [0.25, 0.3) is 0 Å². The minimum absolute atomic E-state index is 0.130. The second-order valence-corrected chi connectivity index (χ2v) is 6.91. The number of carbonyl (C=O) groups is 2. The molecule has 0 saturated heterocycles. The molecule has 1 unspecified atom stereocenters. The van der Waals surface area contributed by atoms with Gasteiger partial charge in [-0.1, -0.05) is 12.1 Å². The number of carbonyl (C=O) groups excluding carboxylic acids is 2. The van der Waals surface area contributed by atoms with Crippen LogP contribution < -0.4 is 15.4 Å². The molecule has 7 heteroatoms. The summed E-state index contributed by atoms with van der Waals surface area (Å²) in [7, 11) is 1.59. The standard InChI is InChI=1S/C19H21FN2O3S/c1-13(19(24)21-11-14-4-3-5-17(10-14)25-2)26-12-18(23)22-16-8-6-15(20)7-9-16/h3-10,13H,11-12H2,1-2H3,(H,21,24)(H,22,23). The van der Waals surface area contributed by atoms with E-state index in [-0.39, 0.29) is 28.6 Å². The largest absolute Gasteiger partial charge is 0.497 e. The van der Waals surface area contributed by atoms with Gasteiger partial charge in [-0.25, -0.2) is 4.39 Å². The molecule has 138 valence electrons.